The second kappa shape index (κ2) is 7.34. The molecule has 9 heteroatoms. The molecule has 0 saturated heterocycles. The van der Waals surface area contributed by atoms with E-state index >= 15 is 0 Å². The number of hydrogen-bond donors (Lipinski definition) is 2. The van der Waals surface area contributed by atoms with Crippen LogP contribution in [0.2, 0.25) is 0 Å². The van der Waals surface area contributed by atoms with Gasteiger partial charge in [-0.25, -0.2) is 8.42 Å². The van der Waals surface area contributed by atoms with Gasteiger partial charge in [-0.2, -0.15) is 0 Å². The van der Waals surface area contributed by atoms with Crippen LogP contribution in [-0.4, -0.2) is 38.8 Å². The number of sulfone groups is 1. The summed E-state index contributed by atoms with van der Waals surface area (Å²) in [6, 6.07) is 6.38. The van der Waals surface area contributed by atoms with Gasteiger partial charge in [-0.3, -0.25) is 14.6 Å². The summed E-state index contributed by atoms with van der Waals surface area (Å²) in [7, 11) is -2.38. The van der Waals surface area contributed by atoms with Crippen LogP contribution in [0.4, 0.5) is 0 Å². The number of nitrogens with one attached hydrogen (secondary N) is 2. The number of hydrogen-bond acceptors (Lipinski definition) is 6. The van der Waals surface area contributed by atoms with Gasteiger partial charge < -0.3 is 10.6 Å². The van der Waals surface area contributed by atoms with Crippen LogP contribution in [0.25, 0.3) is 0 Å². The average Bonchev–Trinajstić information content (AvgIpc) is 3.10. The van der Waals surface area contributed by atoms with Gasteiger partial charge in [-0.15, -0.1) is 11.3 Å². The first-order valence-corrected chi connectivity index (χ1v) is 9.06. The Morgan fingerprint density at radius 3 is 2.61 bits per heavy atom. The third-order valence-electron chi connectivity index (χ3n) is 3.09. The van der Waals surface area contributed by atoms with Crippen molar-refractivity contribution in [3.63, 3.8) is 0 Å². The van der Waals surface area contributed by atoms with E-state index in [0.29, 0.717) is 5.56 Å². The summed E-state index contributed by atoms with van der Waals surface area (Å²) in [5.74, 6) is -1.72. The summed E-state index contributed by atoms with van der Waals surface area (Å²) >= 11 is 1.10. The second-order valence-electron chi connectivity index (χ2n) is 4.54. The molecule has 0 aliphatic rings. The van der Waals surface area contributed by atoms with E-state index in [9.17, 15) is 18.0 Å². The Bertz CT molecular complexity index is 774. The van der Waals surface area contributed by atoms with E-state index < -0.39 is 26.9 Å². The van der Waals surface area contributed by atoms with E-state index in [1.54, 1.807) is 23.6 Å². The van der Waals surface area contributed by atoms with Crippen molar-refractivity contribution >= 4 is 33.0 Å². The topological polar surface area (TPSA) is 105 Å². The van der Waals surface area contributed by atoms with Crippen molar-refractivity contribution in [2.45, 2.75) is 9.46 Å². The predicted octanol–water partition coefficient (Wildman–Crippen LogP) is 0.520. The van der Waals surface area contributed by atoms with Crippen molar-refractivity contribution in [2.75, 3.05) is 13.6 Å². The van der Waals surface area contributed by atoms with Crippen LogP contribution in [0.5, 0.6) is 0 Å². The average molecular weight is 353 g/mol. The molecule has 7 nitrogen and oxygen atoms in total. The van der Waals surface area contributed by atoms with Crippen LogP contribution in [0.3, 0.4) is 0 Å². The standard InChI is InChI=1S/C14H15N3O4S2/c1-15-13(18)14(19)17-9-11(10-4-2-6-16-8-10)23(20,21)12-5-3-7-22-12/h2-8,11H,9H2,1H3,(H,15,18)(H,17,19)/t11-/m0/s1. The quantitative estimate of drug-likeness (QED) is 0.763. The lowest BCUT2D eigenvalue weighted by Crippen LogP contribution is -2.40. The minimum absolute atomic E-state index is 0.195. The van der Waals surface area contributed by atoms with Gasteiger partial charge in [0.2, 0.25) is 0 Å². The highest BCUT2D eigenvalue weighted by atomic mass is 32.2. The van der Waals surface area contributed by atoms with Gasteiger partial charge >= 0.3 is 11.8 Å². The molecule has 0 saturated carbocycles. The molecule has 0 unspecified atom stereocenters. The smallest absolute Gasteiger partial charge is 0.309 e. The van der Waals surface area contributed by atoms with Gasteiger partial charge in [0.05, 0.1) is 0 Å². The predicted molar refractivity (Wildman–Crippen MR) is 85.6 cm³/mol. The Hall–Kier alpha value is -2.26. The minimum Gasteiger partial charge on any atom is -0.351 e. The molecule has 0 aliphatic carbocycles. The third kappa shape index (κ3) is 3.93. The van der Waals surface area contributed by atoms with E-state index in [4.69, 9.17) is 0 Å². The zero-order valence-corrected chi connectivity index (χ0v) is 13.9. The van der Waals surface area contributed by atoms with E-state index in [2.05, 4.69) is 15.6 Å². The highest BCUT2D eigenvalue weighted by molar-refractivity contribution is 7.93. The summed E-state index contributed by atoms with van der Waals surface area (Å²) in [5, 5.41) is 5.17. The summed E-state index contributed by atoms with van der Waals surface area (Å²) in [6.45, 7) is -0.224. The maximum Gasteiger partial charge on any atom is 0.309 e. The molecule has 23 heavy (non-hydrogen) atoms. The number of rotatable bonds is 5. The molecular weight excluding hydrogens is 338 g/mol. The van der Waals surface area contributed by atoms with Crippen molar-refractivity contribution in [3.05, 3.63) is 47.6 Å². The summed E-state index contributed by atoms with van der Waals surface area (Å²) in [4.78, 5) is 26.8. The number of carbonyl (C=O) groups excluding carboxylic acids is 2. The zero-order chi connectivity index (χ0) is 16.9. The number of carbonyl (C=O) groups is 2. The lowest BCUT2D eigenvalue weighted by molar-refractivity contribution is -0.138. The van der Waals surface area contributed by atoms with E-state index in [0.717, 1.165) is 11.3 Å². The van der Waals surface area contributed by atoms with Gasteiger partial charge in [0.25, 0.3) is 0 Å². The Kier molecular flexibility index (Phi) is 5.45. The summed E-state index contributed by atoms with van der Waals surface area (Å²) < 4.78 is 25.7. The SMILES string of the molecule is CNC(=O)C(=O)NC[C@@H](c1cccnc1)S(=O)(=O)c1cccs1. The largest absolute Gasteiger partial charge is 0.351 e. The van der Waals surface area contributed by atoms with E-state index in [-0.39, 0.29) is 10.8 Å². The lowest BCUT2D eigenvalue weighted by Gasteiger charge is -2.17. The number of aromatic nitrogens is 1. The molecule has 0 radical (unpaired) electrons. The highest BCUT2D eigenvalue weighted by Crippen LogP contribution is 2.30. The molecule has 122 valence electrons. The Balaban J connectivity index is 2.30. The molecule has 0 aromatic carbocycles. The molecule has 2 amide bonds. The van der Waals surface area contributed by atoms with E-state index in [1.165, 1.54) is 25.5 Å². The molecule has 0 spiro atoms. The fourth-order valence-corrected chi connectivity index (χ4v) is 4.77. The maximum absolute atomic E-state index is 12.8. The van der Waals surface area contributed by atoms with Crippen molar-refractivity contribution in [1.29, 1.82) is 0 Å². The lowest BCUT2D eigenvalue weighted by atomic mass is 10.2. The Morgan fingerprint density at radius 1 is 1.26 bits per heavy atom. The van der Waals surface area contributed by atoms with Gasteiger partial charge in [-0.1, -0.05) is 12.1 Å². The van der Waals surface area contributed by atoms with Crippen LogP contribution in [-0.2, 0) is 19.4 Å². The fourth-order valence-electron chi connectivity index (χ4n) is 1.92. The first kappa shape index (κ1) is 17.1. The first-order valence-electron chi connectivity index (χ1n) is 6.64. The first-order chi connectivity index (χ1) is 11.0. The van der Waals surface area contributed by atoms with Gasteiger partial charge in [0.15, 0.2) is 9.84 Å². The van der Waals surface area contributed by atoms with Crippen LogP contribution in [0.15, 0.2) is 46.2 Å². The molecule has 2 N–H and O–H groups in total. The van der Waals surface area contributed by atoms with E-state index in [1.807, 2.05) is 0 Å². The second-order valence-corrected chi connectivity index (χ2v) is 7.85. The highest BCUT2D eigenvalue weighted by Gasteiger charge is 2.31. The molecule has 2 aromatic heterocycles. The van der Waals surface area contributed by atoms with Crippen LogP contribution in [0.1, 0.15) is 10.8 Å². The molecule has 2 aromatic rings. The van der Waals surface area contributed by atoms with Crippen molar-refractivity contribution in [3.8, 4) is 0 Å². The number of likely N-dealkylation sites (N-methyl/N-ethyl adjacent to an activating group) is 1. The van der Waals surface area contributed by atoms with Crippen molar-refractivity contribution in [2.24, 2.45) is 0 Å². The molecule has 0 aliphatic heterocycles. The molecule has 2 heterocycles. The summed E-state index contributed by atoms with van der Waals surface area (Å²) in [6.07, 6.45) is 2.96. The van der Waals surface area contributed by atoms with Crippen molar-refractivity contribution in [1.82, 2.24) is 15.6 Å². The van der Waals surface area contributed by atoms with Gasteiger partial charge in [0, 0.05) is 26.0 Å². The number of thiophene rings is 1. The third-order valence-corrected chi connectivity index (χ3v) is 6.62. The maximum atomic E-state index is 12.8. The molecule has 2 rings (SSSR count). The van der Waals surface area contributed by atoms with Crippen molar-refractivity contribution < 1.29 is 18.0 Å². The Morgan fingerprint density at radius 2 is 2.04 bits per heavy atom. The number of nitrogens with zero attached hydrogens (tertiary/aromatic N) is 1. The Labute approximate surface area is 137 Å². The zero-order valence-electron chi connectivity index (χ0n) is 12.2. The van der Waals surface area contributed by atoms with Crippen LogP contribution < -0.4 is 10.6 Å². The van der Waals surface area contributed by atoms with Crippen LogP contribution in [0, 0.1) is 0 Å². The minimum atomic E-state index is -3.71. The number of amides is 2. The monoisotopic (exact) mass is 353 g/mol. The fraction of sp³-hybridized carbons (Fsp3) is 0.214. The molecule has 0 bridgehead atoms. The molecule has 0 fully saturated rings. The molecular formula is C14H15N3O4S2. The molecule has 1 atom stereocenters. The van der Waals surface area contributed by atoms with Crippen LogP contribution >= 0.6 is 11.3 Å². The normalized spacial score (nSPS) is 12.4. The summed E-state index contributed by atoms with van der Waals surface area (Å²) in [5.41, 5.74) is 0.443. The van der Waals surface area contributed by atoms with Gasteiger partial charge in [-0.05, 0) is 23.1 Å². The van der Waals surface area contributed by atoms with Gasteiger partial charge in [0.1, 0.15) is 9.46 Å². The number of pyridine rings is 1.